The van der Waals surface area contributed by atoms with E-state index in [1.165, 1.54) is 18.0 Å². The van der Waals surface area contributed by atoms with Crippen LogP contribution in [0.15, 0.2) is 35.4 Å². The Morgan fingerprint density at radius 3 is 2.75 bits per heavy atom. The quantitative estimate of drug-likeness (QED) is 0.388. The molecule has 1 aliphatic rings. The molecule has 0 N–H and O–H groups in total. The fraction of sp³-hybridized carbons (Fsp3) is 0.409. The van der Waals surface area contributed by atoms with Gasteiger partial charge in [-0.2, -0.15) is 5.26 Å². The van der Waals surface area contributed by atoms with Gasteiger partial charge in [-0.15, -0.1) is 24.4 Å². The molecule has 0 bridgehead atoms. The van der Waals surface area contributed by atoms with Crippen LogP contribution >= 0.6 is 24.4 Å². The lowest BCUT2D eigenvalue weighted by atomic mass is 10.0. The molecule has 0 aromatic carbocycles. The van der Waals surface area contributed by atoms with E-state index in [1.807, 2.05) is 25.0 Å². The van der Waals surface area contributed by atoms with Crippen LogP contribution in [0.2, 0.25) is 0 Å². The summed E-state index contributed by atoms with van der Waals surface area (Å²) in [6.45, 7) is 7.50. The number of carbonyl (C=O) groups excluding carboxylic acids is 2. The van der Waals surface area contributed by atoms with Crippen LogP contribution < -0.4 is 4.90 Å². The van der Waals surface area contributed by atoms with Crippen molar-refractivity contribution in [2.24, 2.45) is 0 Å². The first-order chi connectivity index (χ1) is 15.1. The van der Waals surface area contributed by atoms with Crippen molar-refractivity contribution in [3.05, 3.63) is 47.5 Å². The Bertz CT molecular complexity index is 1080. The fourth-order valence-corrected chi connectivity index (χ4v) is 4.56. The Morgan fingerprint density at radius 1 is 1.41 bits per heavy atom. The molecular weight excluding hydrogens is 446 g/mol. The highest BCUT2D eigenvalue weighted by Gasteiger charge is 2.51. The number of ether oxygens (including phenoxy) is 1. The number of carbonyl (C=O) groups is 2. The summed E-state index contributed by atoms with van der Waals surface area (Å²) in [4.78, 5) is 38.3. The molecule has 2 aromatic heterocycles. The first-order valence-corrected chi connectivity index (χ1v) is 11.7. The van der Waals surface area contributed by atoms with E-state index in [0.717, 1.165) is 0 Å². The summed E-state index contributed by atoms with van der Waals surface area (Å²) in [5.41, 5.74) is 0.247. The highest BCUT2D eigenvalue weighted by Crippen LogP contribution is 2.38. The molecule has 1 saturated heterocycles. The van der Waals surface area contributed by atoms with Crippen LogP contribution in [0.1, 0.15) is 49.6 Å². The lowest BCUT2D eigenvalue weighted by molar-refractivity contribution is -0.123. The largest absolute Gasteiger partial charge is 0.458 e. The van der Waals surface area contributed by atoms with E-state index in [1.54, 1.807) is 43.0 Å². The van der Waals surface area contributed by atoms with Gasteiger partial charge in [0.1, 0.15) is 17.3 Å². The zero-order valence-electron chi connectivity index (χ0n) is 18.6. The molecule has 32 heavy (non-hydrogen) atoms. The molecule has 8 nitrogen and oxygen atoms in total. The minimum Gasteiger partial charge on any atom is -0.458 e. The lowest BCUT2D eigenvalue weighted by Gasteiger charge is -2.30. The number of anilines is 1. The van der Waals surface area contributed by atoms with Crippen LogP contribution in [0.4, 0.5) is 5.69 Å². The molecule has 2 aromatic rings. The van der Waals surface area contributed by atoms with Crippen LogP contribution in [0.5, 0.6) is 0 Å². The van der Waals surface area contributed by atoms with Gasteiger partial charge in [0.2, 0.25) is 5.91 Å². The zero-order valence-corrected chi connectivity index (χ0v) is 20.3. The van der Waals surface area contributed by atoms with E-state index in [-0.39, 0.29) is 17.7 Å². The summed E-state index contributed by atoms with van der Waals surface area (Å²) in [6, 6.07) is 8.97. The molecule has 1 unspecified atom stereocenters. The molecule has 1 atom stereocenters. The topological polar surface area (TPSA) is 99.4 Å². The molecule has 3 heterocycles. The number of pyridine rings is 2. The number of rotatable bonds is 6. The average molecular weight is 472 g/mol. The van der Waals surface area contributed by atoms with Crippen LogP contribution in [0.3, 0.4) is 0 Å². The summed E-state index contributed by atoms with van der Waals surface area (Å²) in [7, 11) is 0. The Kier molecular flexibility index (Phi) is 7.12. The van der Waals surface area contributed by atoms with Crippen LogP contribution in [-0.4, -0.2) is 50.1 Å². The van der Waals surface area contributed by atoms with Crippen molar-refractivity contribution in [1.29, 1.82) is 5.26 Å². The molecule has 10 heteroatoms. The third-order valence-electron chi connectivity index (χ3n) is 5.10. The molecule has 0 radical (unpaired) electrons. The maximum absolute atomic E-state index is 13.3. The van der Waals surface area contributed by atoms with Crippen LogP contribution in [0.25, 0.3) is 0 Å². The molecule has 3 rings (SSSR count). The molecule has 0 spiro atoms. The highest BCUT2D eigenvalue weighted by atomic mass is 32.2. The van der Waals surface area contributed by atoms with E-state index < -0.39 is 17.0 Å². The Morgan fingerprint density at radius 2 is 2.12 bits per heavy atom. The molecule has 1 amide bonds. The van der Waals surface area contributed by atoms with Gasteiger partial charge in [-0.05, 0) is 52.1 Å². The van der Waals surface area contributed by atoms with Crippen molar-refractivity contribution in [2.75, 3.05) is 11.2 Å². The molecule has 168 valence electrons. The summed E-state index contributed by atoms with van der Waals surface area (Å²) < 4.78 is 5.23. The highest BCUT2D eigenvalue weighted by molar-refractivity contribution is 7.98. The minimum absolute atomic E-state index is 0.147. The normalized spacial score (nSPS) is 18.1. The standard InChI is InChI=1S/C22H25N5O3S2/c1-13(2)30-19(28)16-8-6-7-14(25-16)12-26-21(31)27(20(29)22(26,3)4)15-9-18(32-5)17(10-23)24-11-15/h6-9,11,13,21,31H,12H2,1-5H3. The molecule has 1 fully saturated rings. The zero-order chi connectivity index (χ0) is 23.6. The van der Waals surface area contributed by atoms with Gasteiger partial charge in [0.05, 0.1) is 29.2 Å². The molecule has 0 aliphatic carbocycles. The Labute approximate surface area is 197 Å². The first kappa shape index (κ1) is 24.0. The first-order valence-electron chi connectivity index (χ1n) is 9.99. The number of thioether (sulfide) groups is 1. The smallest absolute Gasteiger partial charge is 0.357 e. The lowest BCUT2D eigenvalue weighted by Crippen LogP contribution is -2.44. The van der Waals surface area contributed by atoms with Crippen LogP contribution in [0, 0.1) is 11.3 Å². The number of aromatic nitrogens is 2. The van der Waals surface area contributed by atoms with Crippen molar-refractivity contribution < 1.29 is 14.3 Å². The predicted octanol–water partition coefficient (Wildman–Crippen LogP) is 3.48. The number of amides is 1. The second kappa shape index (κ2) is 9.48. The predicted molar refractivity (Wildman–Crippen MR) is 125 cm³/mol. The Hall–Kier alpha value is -2.61. The van der Waals surface area contributed by atoms with Gasteiger partial charge in [-0.25, -0.2) is 14.8 Å². The van der Waals surface area contributed by atoms with Gasteiger partial charge in [0.25, 0.3) is 0 Å². The van der Waals surface area contributed by atoms with Gasteiger partial charge >= 0.3 is 5.97 Å². The van der Waals surface area contributed by atoms with E-state index in [0.29, 0.717) is 28.5 Å². The third-order valence-corrected chi connectivity index (χ3v) is 6.36. The number of hydrogen-bond donors (Lipinski definition) is 1. The maximum atomic E-state index is 13.3. The summed E-state index contributed by atoms with van der Waals surface area (Å²) >= 11 is 6.12. The van der Waals surface area contributed by atoms with E-state index in [2.05, 4.69) is 16.0 Å². The SMILES string of the molecule is CSc1cc(N2C(=O)C(C)(C)N(Cc3cccc(C(=O)OC(C)C)n3)C2S)cnc1C#N. The Balaban J connectivity index is 1.90. The average Bonchev–Trinajstić information content (AvgIpc) is 2.92. The number of thiol groups is 1. The van der Waals surface area contributed by atoms with Crippen molar-refractivity contribution in [1.82, 2.24) is 14.9 Å². The van der Waals surface area contributed by atoms with E-state index >= 15 is 0 Å². The van der Waals surface area contributed by atoms with Crippen LogP contribution in [-0.2, 0) is 16.1 Å². The number of hydrogen-bond acceptors (Lipinski definition) is 9. The van der Waals surface area contributed by atoms with Gasteiger partial charge in [0.15, 0.2) is 5.69 Å². The monoisotopic (exact) mass is 471 g/mol. The number of nitriles is 1. The van der Waals surface area contributed by atoms with Crippen molar-refractivity contribution in [3.63, 3.8) is 0 Å². The van der Waals surface area contributed by atoms with Crippen molar-refractivity contribution in [2.45, 2.75) is 56.3 Å². The number of nitrogens with zero attached hydrogens (tertiary/aromatic N) is 5. The second-order valence-electron chi connectivity index (χ2n) is 8.03. The summed E-state index contributed by atoms with van der Waals surface area (Å²) in [6.07, 6.45) is 3.12. The van der Waals surface area contributed by atoms with E-state index in [4.69, 9.17) is 17.4 Å². The van der Waals surface area contributed by atoms with Gasteiger partial charge in [-0.1, -0.05) is 6.07 Å². The van der Waals surface area contributed by atoms with Gasteiger partial charge in [-0.3, -0.25) is 14.6 Å². The minimum atomic E-state index is -0.879. The van der Waals surface area contributed by atoms with Crippen molar-refractivity contribution >= 4 is 42.0 Å². The molecular formula is C22H25N5O3S2. The molecule has 1 aliphatic heterocycles. The van der Waals surface area contributed by atoms with E-state index in [9.17, 15) is 14.9 Å². The third kappa shape index (κ3) is 4.60. The fourth-order valence-electron chi connectivity index (χ4n) is 3.42. The van der Waals surface area contributed by atoms with Gasteiger partial charge in [0, 0.05) is 11.4 Å². The molecule has 0 saturated carbocycles. The van der Waals surface area contributed by atoms with Crippen molar-refractivity contribution in [3.8, 4) is 6.07 Å². The summed E-state index contributed by atoms with van der Waals surface area (Å²) in [5, 5.41) is 9.24. The maximum Gasteiger partial charge on any atom is 0.357 e. The number of esters is 1. The second-order valence-corrected chi connectivity index (χ2v) is 9.34. The van der Waals surface area contributed by atoms with Gasteiger partial charge < -0.3 is 4.74 Å². The summed E-state index contributed by atoms with van der Waals surface area (Å²) in [5.74, 6) is -0.637.